The zero-order chi connectivity index (χ0) is 23.8. The van der Waals surface area contributed by atoms with Crippen molar-refractivity contribution >= 4 is 15.9 Å². The van der Waals surface area contributed by atoms with Crippen molar-refractivity contribution in [3.05, 3.63) is 89.5 Å². The molecule has 8 heteroatoms. The Morgan fingerprint density at radius 2 is 1.67 bits per heavy atom. The number of hydrogen-bond donors (Lipinski definition) is 2. The molecule has 0 aliphatic rings. The number of ether oxygens (including phenoxy) is 2. The van der Waals surface area contributed by atoms with Gasteiger partial charge in [0.1, 0.15) is 11.5 Å². The molecule has 0 fully saturated rings. The van der Waals surface area contributed by atoms with Gasteiger partial charge in [-0.05, 0) is 49.2 Å². The number of carbonyl (C=O) groups excluding carboxylic acids is 1. The maximum absolute atomic E-state index is 12.6. The van der Waals surface area contributed by atoms with Gasteiger partial charge in [-0.15, -0.1) is 0 Å². The molecule has 1 amide bonds. The zero-order valence-electron chi connectivity index (χ0n) is 18.9. The molecular formula is C25H28N2O5S. The molecule has 7 nitrogen and oxygen atoms in total. The minimum absolute atomic E-state index is 0.137. The minimum atomic E-state index is -3.68. The normalized spacial score (nSPS) is 12.1. The van der Waals surface area contributed by atoms with E-state index in [1.165, 1.54) is 12.1 Å². The first kappa shape index (κ1) is 24.3. The second kappa shape index (κ2) is 11.0. The fraction of sp³-hybridized carbons (Fsp3) is 0.240. The Balaban J connectivity index is 1.58. The van der Waals surface area contributed by atoms with Crippen molar-refractivity contribution in [1.29, 1.82) is 0 Å². The summed E-state index contributed by atoms with van der Waals surface area (Å²) in [5, 5.41) is 2.88. The van der Waals surface area contributed by atoms with Gasteiger partial charge in [-0.2, -0.15) is 0 Å². The minimum Gasteiger partial charge on any atom is -0.496 e. The number of sulfonamides is 1. The van der Waals surface area contributed by atoms with Crippen molar-refractivity contribution in [1.82, 2.24) is 10.0 Å². The van der Waals surface area contributed by atoms with E-state index in [2.05, 4.69) is 10.0 Å². The standard InChI is InChI=1S/C25H28N2O5S/c1-18-15-21(33(29,30)26-16-20-9-5-4-6-10-20)13-14-23(18)32-17-25(28)27-19(2)22-11-7-8-12-24(22)31-3/h4-15,19,26H,16-17H2,1-3H3,(H,27,28). The maximum Gasteiger partial charge on any atom is 0.258 e. The Kier molecular flexibility index (Phi) is 8.08. The highest BCUT2D eigenvalue weighted by atomic mass is 32.2. The molecule has 0 aromatic heterocycles. The molecule has 3 aromatic carbocycles. The van der Waals surface area contributed by atoms with Crippen LogP contribution in [0.1, 0.15) is 29.7 Å². The van der Waals surface area contributed by atoms with Crippen molar-refractivity contribution in [3.63, 3.8) is 0 Å². The first-order valence-corrected chi connectivity index (χ1v) is 12.0. The molecule has 1 unspecified atom stereocenters. The Morgan fingerprint density at radius 1 is 0.970 bits per heavy atom. The molecule has 2 N–H and O–H groups in total. The first-order chi connectivity index (χ1) is 15.8. The third kappa shape index (κ3) is 6.57. The molecule has 0 radical (unpaired) electrons. The van der Waals surface area contributed by atoms with Gasteiger partial charge in [-0.3, -0.25) is 4.79 Å². The predicted molar refractivity (Wildman–Crippen MR) is 127 cm³/mol. The van der Waals surface area contributed by atoms with Gasteiger partial charge in [-0.25, -0.2) is 13.1 Å². The summed E-state index contributed by atoms with van der Waals surface area (Å²) in [5.41, 5.74) is 2.34. The third-order valence-corrected chi connectivity index (χ3v) is 6.51. The van der Waals surface area contributed by atoms with Gasteiger partial charge < -0.3 is 14.8 Å². The predicted octanol–water partition coefficient (Wildman–Crippen LogP) is 3.74. The summed E-state index contributed by atoms with van der Waals surface area (Å²) in [6, 6.07) is 21.0. The topological polar surface area (TPSA) is 93.7 Å². The van der Waals surface area contributed by atoms with E-state index >= 15 is 0 Å². The molecule has 0 saturated heterocycles. The van der Waals surface area contributed by atoms with E-state index in [0.717, 1.165) is 11.1 Å². The number of rotatable bonds is 10. The summed E-state index contributed by atoms with van der Waals surface area (Å²) in [4.78, 5) is 12.5. The van der Waals surface area contributed by atoms with Gasteiger partial charge in [0.15, 0.2) is 6.61 Å². The molecule has 0 bridgehead atoms. The number of aryl methyl sites for hydroxylation is 1. The smallest absolute Gasteiger partial charge is 0.258 e. The van der Waals surface area contributed by atoms with Gasteiger partial charge in [0, 0.05) is 12.1 Å². The summed E-state index contributed by atoms with van der Waals surface area (Å²) in [6.45, 7) is 3.60. The maximum atomic E-state index is 12.6. The molecule has 3 aromatic rings. The lowest BCUT2D eigenvalue weighted by atomic mass is 10.1. The Morgan fingerprint density at radius 3 is 2.36 bits per heavy atom. The van der Waals surface area contributed by atoms with Gasteiger partial charge >= 0.3 is 0 Å². The number of benzene rings is 3. The Bertz CT molecular complexity index is 1200. The molecule has 0 heterocycles. The molecule has 33 heavy (non-hydrogen) atoms. The van der Waals surface area contributed by atoms with E-state index < -0.39 is 10.0 Å². The third-order valence-electron chi connectivity index (χ3n) is 5.11. The highest BCUT2D eigenvalue weighted by molar-refractivity contribution is 7.89. The highest BCUT2D eigenvalue weighted by Crippen LogP contribution is 2.25. The van der Waals surface area contributed by atoms with Crippen LogP contribution < -0.4 is 19.5 Å². The summed E-state index contributed by atoms with van der Waals surface area (Å²) >= 11 is 0. The van der Waals surface area contributed by atoms with Gasteiger partial charge in [-0.1, -0.05) is 48.5 Å². The van der Waals surface area contributed by atoms with Crippen LogP contribution in [0.5, 0.6) is 11.5 Å². The number of amides is 1. The lowest BCUT2D eigenvalue weighted by Gasteiger charge is -2.18. The van der Waals surface area contributed by atoms with Crippen LogP contribution in [0.4, 0.5) is 0 Å². The van der Waals surface area contributed by atoms with Gasteiger partial charge in [0.05, 0.1) is 18.0 Å². The fourth-order valence-corrected chi connectivity index (χ4v) is 4.44. The summed E-state index contributed by atoms with van der Waals surface area (Å²) in [6.07, 6.45) is 0. The van der Waals surface area contributed by atoms with Crippen molar-refractivity contribution in [2.24, 2.45) is 0 Å². The molecule has 174 valence electrons. The summed E-state index contributed by atoms with van der Waals surface area (Å²) in [7, 11) is -2.10. The number of para-hydroxylation sites is 1. The van der Waals surface area contributed by atoms with Crippen LogP contribution >= 0.6 is 0 Å². The molecular weight excluding hydrogens is 440 g/mol. The number of hydrogen-bond acceptors (Lipinski definition) is 5. The summed E-state index contributed by atoms with van der Waals surface area (Å²) in [5.74, 6) is 0.839. The van der Waals surface area contributed by atoms with Crippen LogP contribution in [0, 0.1) is 6.92 Å². The van der Waals surface area contributed by atoms with Crippen molar-refractivity contribution in [2.75, 3.05) is 13.7 Å². The fourth-order valence-electron chi connectivity index (χ4n) is 3.34. The monoisotopic (exact) mass is 468 g/mol. The molecule has 0 spiro atoms. The van der Waals surface area contributed by atoms with Crippen molar-refractivity contribution in [2.45, 2.75) is 31.3 Å². The van der Waals surface area contributed by atoms with Crippen LogP contribution in [0.2, 0.25) is 0 Å². The van der Waals surface area contributed by atoms with Crippen LogP contribution in [0.15, 0.2) is 77.7 Å². The Labute approximate surface area is 194 Å². The number of carbonyl (C=O) groups is 1. The quantitative estimate of drug-likeness (QED) is 0.473. The lowest BCUT2D eigenvalue weighted by molar-refractivity contribution is -0.123. The van der Waals surface area contributed by atoms with Crippen LogP contribution in [0.3, 0.4) is 0 Å². The Hall–Kier alpha value is -3.36. The molecule has 0 aliphatic carbocycles. The van der Waals surface area contributed by atoms with Crippen LogP contribution in [0.25, 0.3) is 0 Å². The number of nitrogens with one attached hydrogen (secondary N) is 2. The van der Waals surface area contributed by atoms with E-state index in [-0.39, 0.29) is 30.0 Å². The first-order valence-electron chi connectivity index (χ1n) is 10.5. The van der Waals surface area contributed by atoms with Gasteiger partial charge in [0.2, 0.25) is 10.0 Å². The number of methoxy groups -OCH3 is 1. The largest absolute Gasteiger partial charge is 0.496 e. The van der Waals surface area contributed by atoms with E-state index in [1.807, 2.05) is 61.5 Å². The van der Waals surface area contributed by atoms with E-state index in [0.29, 0.717) is 17.1 Å². The van der Waals surface area contributed by atoms with Crippen molar-refractivity contribution < 1.29 is 22.7 Å². The second-order valence-electron chi connectivity index (χ2n) is 7.56. The molecule has 1 atom stereocenters. The zero-order valence-corrected chi connectivity index (χ0v) is 19.7. The average Bonchev–Trinajstić information content (AvgIpc) is 2.82. The van der Waals surface area contributed by atoms with Crippen molar-refractivity contribution in [3.8, 4) is 11.5 Å². The van der Waals surface area contributed by atoms with Crippen LogP contribution in [-0.4, -0.2) is 28.0 Å². The van der Waals surface area contributed by atoms with E-state index in [1.54, 1.807) is 20.1 Å². The highest BCUT2D eigenvalue weighted by Gasteiger charge is 2.17. The van der Waals surface area contributed by atoms with E-state index in [4.69, 9.17) is 9.47 Å². The summed E-state index contributed by atoms with van der Waals surface area (Å²) < 4.78 is 38.8. The van der Waals surface area contributed by atoms with Crippen LogP contribution in [-0.2, 0) is 21.4 Å². The molecule has 3 rings (SSSR count). The molecule has 0 saturated carbocycles. The lowest BCUT2D eigenvalue weighted by Crippen LogP contribution is -2.31. The molecule has 0 aliphatic heterocycles. The van der Waals surface area contributed by atoms with Gasteiger partial charge in [0.25, 0.3) is 5.91 Å². The average molecular weight is 469 g/mol. The second-order valence-corrected chi connectivity index (χ2v) is 9.32. The van der Waals surface area contributed by atoms with E-state index in [9.17, 15) is 13.2 Å². The SMILES string of the molecule is COc1ccccc1C(C)NC(=O)COc1ccc(S(=O)(=O)NCc2ccccc2)cc1C.